The van der Waals surface area contributed by atoms with Gasteiger partial charge in [0.2, 0.25) is 0 Å². The monoisotopic (exact) mass is 537 g/mol. The van der Waals surface area contributed by atoms with Crippen LogP contribution in [-0.2, 0) is 16.4 Å². The molecule has 7 heteroatoms. The minimum atomic E-state index is -1.53. The predicted molar refractivity (Wildman–Crippen MR) is 147 cm³/mol. The highest BCUT2D eigenvalue weighted by molar-refractivity contribution is 6.80. The topological polar surface area (TPSA) is 38.0 Å². The average Bonchev–Trinajstić information content (AvgIpc) is 3.21. The lowest BCUT2D eigenvalue weighted by Gasteiger charge is -2.27. The highest BCUT2D eigenvalue weighted by Crippen LogP contribution is 2.42. The van der Waals surface area contributed by atoms with E-state index in [1.165, 1.54) is 0 Å². The maximum Gasteiger partial charge on any atom is 0.283 e. The van der Waals surface area contributed by atoms with E-state index in [0.717, 1.165) is 21.5 Å². The number of halogens is 3. The van der Waals surface area contributed by atoms with Gasteiger partial charge in [0.25, 0.3) is 9.04 Å². The molecule has 0 spiro atoms. The molecule has 177 valence electrons. The first-order valence-corrected chi connectivity index (χ1v) is 13.6. The Morgan fingerprint density at radius 1 is 0.886 bits per heavy atom. The summed E-state index contributed by atoms with van der Waals surface area (Å²) < 4.78 is 8.32. The summed E-state index contributed by atoms with van der Waals surface area (Å²) in [6.45, 7) is 6.48. The van der Waals surface area contributed by atoms with E-state index in [1.807, 2.05) is 42.5 Å². The van der Waals surface area contributed by atoms with Crippen molar-refractivity contribution in [1.29, 1.82) is 5.26 Å². The quantitative estimate of drug-likeness (QED) is 0.250. The molecule has 0 atom stereocenters. The molecule has 3 aromatic carbocycles. The van der Waals surface area contributed by atoms with Crippen molar-refractivity contribution in [3.8, 4) is 11.8 Å². The summed E-state index contributed by atoms with van der Waals surface area (Å²) in [5.41, 5.74) is 2.31. The summed E-state index contributed by atoms with van der Waals surface area (Å²) >= 11 is 20.1. The van der Waals surface area contributed by atoms with Gasteiger partial charge in [0.15, 0.2) is 0 Å². The normalized spacial score (nSPS) is 11.6. The first-order chi connectivity index (χ1) is 16.7. The number of benzene rings is 3. The Morgan fingerprint density at radius 3 is 1.97 bits per heavy atom. The third-order valence-electron chi connectivity index (χ3n) is 5.61. The van der Waals surface area contributed by atoms with Gasteiger partial charge in [-0.1, -0.05) is 116 Å². The highest BCUT2D eigenvalue weighted by atomic mass is 35.5. The number of nitrogens with zero attached hydrogens (tertiary/aromatic N) is 2. The summed E-state index contributed by atoms with van der Waals surface area (Å²) in [6.07, 6.45) is 1.69. The molecule has 0 fully saturated rings. The molecular weight excluding hydrogens is 515 g/mol. The number of hydrogen-bond acceptors (Lipinski definition) is 2. The summed E-state index contributed by atoms with van der Waals surface area (Å²) in [6, 6.07) is 26.2. The minimum Gasteiger partial charge on any atom is -0.403 e. The lowest BCUT2D eigenvalue weighted by molar-refractivity contribution is 0.321. The van der Waals surface area contributed by atoms with Crippen LogP contribution in [0.5, 0.6) is 0 Å². The van der Waals surface area contributed by atoms with Gasteiger partial charge >= 0.3 is 0 Å². The number of rotatable bonds is 6. The predicted octanol–water partition coefficient (Wildman–Crippen LogP) is 6.93. The van der Waals surface area contributed by atoms with Crippen molar-refractivity contribution in [2.45, 2.75) is 32.8 Å². The molecule has 0 saturated carbocycles. The second kappa shape index (κ2) is 10.6. The van der Waals surface area contributed by atoms with Gasteiger partial charge in [0.1, 0.15) is 11.8 Å². The smallest absolute Gasteiger partial charge is 0.283 e. The van der Waals surface area contributed by atoms with Crippen LogP contribution in [0.4, 0.5) is 0 Å². The second-order valence-electron chi connectivity index (χ2n) is 9.18. The fourth-order valence-electron chi connectivity index (χ4n) is 3.99. The van der Waals surface area contributed by atoms with Crippen LogP contribution in [0.1, 0.15) is 37.6 Å². The summed E-state index contributed by atoms with van der Waals surface area (Å²) in [7, 11) is -1.53. The standard InChI is InChI=1S/C28H24Cl3N2OSi/c1-28(2,3)25-26(30)19(14-24(27(25)31)33-17-20(29)15-21(33)16-32)18-34-35(22-10-6-4-7-11-22)23-12-8-5-9-13-23/h4-15,17H,18H2,1-3H3. The second-order valence-corrected chi connectivity index (χ2v) is 12.5. The third kappa shape index (κ3) is 5.51. The number of nitriles is 1. The van der Waals surface area contributed by atoms with Crippen LogP contribution in [0.15, 0.2) is 79.0 Å². The van der Waals surface area contributed by atoms with Crippen molar-refractivity contribution in [2.24, 2.45) is 0 Å². The number of hydrogen-bond donors (Lipinski definition) is 0. The molecule has 0 amide bonds. The van der Waals surface area contributed by atoms with Gasteiger partial charge in [-0.2, -0.15) is 5.26 Å². The van der Waals surface area contributed by atoms with Gasteiger partial charge in [-0.25, -0.2) is 0 Å². The minimum absolute atomic E-state index is 0.293. The Labute approximate surface area is 223 Å². The van der Waals surface area contributed by atoms with Gasteiger partial charge in [-0.15, -0.1) is 0 Å². The van der Waals surface area contributed by atoms with E-state index in [-0.39, 0.29) is 5.41 Å². The third-order valence-corrected chi connectivity index (χ3v) is 8.78. The van der Waals surface area contributed by atoms with Crippen molar-refractivity contribution < 1.29 is 4.43 Å². The Kier molecular flexibility index (Phi) is 7.76. The van der Waals surface area contributed by atoms with E-state index in [2.05, 4.69) is 51.1 Å². The van der Waals surface area contributed by atoms with Gasteiger partial charge < -0.3 is 8.99 Å². The fraction of sp³-hybridized carbons (Fsp3) is 0.179. The van der Waals surface area contributed by atoms with Crippen molar-refractivity contribution >= 4 is 54.2 Å². The molecule has 4 rings (SSSR count). The summed E-state index contributed by atoms with van der Waals surface area (Å²) in [5.74, 6) is 0. The molecule has 0 aliphatic rings. The largest absolute Gasteiger partial charge is 0.403 e. The average molecular weight is 539 g/mol. The van der Waals surface area contributed by atoms with E-state index < -0.39 is 9.04 Å². The molecule has 1 aromatic heterocycles. The van der Waals surface area contributed by atoms with E-state index in [9.17, 15) is 5.26 Å². The first-order valence-electron chi connectivity index (χ1n) is 11.1. The van der Waals surface area contributed by atoms with Crippen LogP contribution in [0.2, 0.25) is 15.1 Å². The van der Waals surface area contributed by atoms with Crippen LogP contribution in [-0.4, -0.2) is 13.6 Å². The van der Waals surface area contributed by atoms with Gasteiger partial charge in [0.05, 0.1) is 27.4 Å². The highest BCUT2D eigenvalue weighted by Gasteiger charge is 2.28. The molecule has 0 bridgehead atoms. The molecule has 4 aromatic rings. The maximum atomic E-state index is 9.65. The molecule has 35 heavy (non-hydrogen) atoms. The molecule has 1 radical (unpaired) electrons. The lowest BCUT2D eigenvalue weighted by atomic mass is 9.85. The van der Waals surface area contributed by atoms with Crippen molar-refractivity contribution in [1.82, 2.24) is 4.57 Å². The molecule has 0 aliphatic heterocycles. The van der Waals surface area contributed by atoms with Crippen LogP contribution in [0, 0.1) is 11.3 Å². The lowest BCUT2D eigenvalue weighted by Crippen LogP contribution is -2.44. The molecule has 0 aliphatic carbocycles. The van der Waals surface area contributed by atoms with Gasteiger partial charge in [-0.3, -0.25) is 0 Å². The first kappa shape index (κ1) is 25.6. The molecule has 0 saturated heterocycles. The van der Waals surface area contributed by atoms with Crippen molar-refractivity contribution in [2.75, 3.05) is 0 Å². The SMILES string of the molecule is CC(C)(C)c1c(Cl)c(CO[Si](c2ccccc2)c2ccccc2)cc(-n2cc(Cl)cc2C#N)c1Cl. The maximum absolute atomic E-state index is 9.65. The summed E-state index contributed by atoms with van der Waals surface area (Å²) in [5, 5.41) is 13.5. The van der Waals surface area contributed by atoms with Crippen LogP contribution >= 0.6 is 34.8 Å². The molecule has 3 nitrogen and oxygen atoms in total. The zero-order valence-electron chi connectivity index (χ0n) is 19.6. The Hall–Kier alpha value is -2.52. The van der Waals surface area contributed by atoms with Crippen LogP contribution < -0.4 is 10.4 Å². The Balaban J connectivity index is 1.81. The van der Waals surface area contributed by atoms with E-state index >= 15 is 0 Å². The summed E-state index contributed by atoms with van der Waals surface area (Å²) in [4.78, 5) is 0. The van der Waals surface area contributed by atoms with E-state index in [0.29, 0.717) is 33.1 Å². The van der Waals surface area contributed by atoms with E-state index in [4.69, 9.17) is 39.2 Å². The van der Waals surface area contributed by atoms with E-state index in [1.54, 1.807) is 16.8 Å². The molecule has 0 unspecified atom stereocenters. The molecule has 1 heterocycles. The van der Waals surface area contributed by atoms with Crippen LogP contribution in [0.25, 0.3) is 5.69 Å². The van der Waals surface area contributed by atoms with Gasteiger partial charge in [0, 0.05) is 6.20 Å². The van der Waals surface area contributed by atoms with Crippen molar-refractivity contribution in [3.05, 3.63) is 111 Å². The zero-order valence-corrected chi connectivity index (χ0v) is 22.9. The van der Waals surface area contributed by atoms with Crippen LogP contribution in [0.3, 0.4) is 0 Å². The zero-order chi connectivity index (χ0) is 25.2. The van der Waals surface area contributed by atoms with Crippen molar-refractivity contribution in [3.63, 3.8) is 0 Å². The van der Waals surface area contributed by atoms with Gasteiger partial charge in [-0.05, 0) is 39.0 Å². The molecular formula is C28H24Cl3N2OSi. The Morgan fingerprint density at radius 2 is 1.46 bits per heavy atom. The number of aromatic nitrogens is 1. The molecule has 0 N–H and O–H groups in total. The Bertz CT molecular complexity index is 1330. The fourth-order valence-corrected chi connectivity index (χ4v) is 7.21.